The van der Waals surface area contributed by atoms with E-state index < -0.39 is 0 Å². The first-order chi connectivity index (χ1) is 9.76. The number of hydrogen-bond donors (Lipinski definition) is 1. The molecule has 0 saturated carbocycles. The van der Waals surface area contributed by atoms with Crippen molar-refractivity contribution in [2.75, 3.05) is 26.9 Å². The molecule has 110 valence electrons. The van der Waals surface area contributed by atoms with Crippen molar-refractivity contribution in [3.8, 4) is 5.75 Å². The van der Waals surface area contributed by atoms with Crippen LogP contribution in [-0.2, 0) is 22.3 Å². The van der Waals surface area contributed by atoms with Crippen molar-refractivity contribution in [1.29, 1.82) is 0 Å². The standard InChI is InChI=1S/C15H20ClNO3/c1-17-13(9-14-18-4-5-19-14)8-11-7-12(16)6-10-2-3-20-15(10)11/h6-7,13-14,17H,2-5,8-9H2,1H3. The lowest BCUT2D eigenvalue weighted by Gasteiger charge is -2.20. The topological polar surface area (TPSA) is 39.7 Å². The molecule has 0 radical (unpaired) electrons. The normalized spacial score (nSPS) is 19.9. The highest BCUT2D eigenvalue weighted by atomic mass is 35.5. The quantitative estimate of drug-likeness (QED) is 0.904. The van der Waals surface area contributed by atoms with Crippen LogP contribution >= 0.6 is 11.6 Å². The monoisotopic (exact) mass is 297 g/mol. The lowest BCUT2D eigenvalue weighted by Crippen LogP contribution is -2.32. The van der Waals surface area contributed by atoms with E-state index in [4.69, 9.17) is 25.8 Å². The molecule has 1 fully saturated rings. The molecule has 1 aromatic carbocycles. The summed E-state index contributed by atoms with van der Waals surface area (Å²) in [5, 5.41) is 4.11. The molecule has 20 heavy (non-hydrogen) atoms. The van der Waals surface area contributed by atoms with Crippen LogP contribution < -0.4 is 10.1 Å². The van der Waals surface area contributed by atoms with Crippen LogP contribution in [-0.4, -0.2) is 39.2 Å². The number of rotatable bonds is 5. The van der Waals surface area contributed by atoms with Crippen LogP contribution in [0.15, 0.2) is 12.1 Å². The van der Waals surface area contributed by atoms with Gasteiger partial charge in [-0.2, -0.15) is 0 Å². The van der Waals surface area contributed by atoms with E-state index in [0.29, 0.717) is 13.2 Å². The van der Waals surface area contributed by atoms with Crippen molar-refractivity contribution in [1.82, 2.24) is 5.32 Å². The average Bonchev–Trinajstić information content (AvgIpc) is 3.08. The van der Waals surface area contributed by atoms with Crippen LogP contribution in [0.2, 0.25) is 5.02 Å². The summed E-state index contributed by atoms with van der Waals surface area (Å²) in [4.78, 5) is 0. The Morgan fingerprint density at radius 3 is 2.85 bits per heavy atom. The molecule has 1 saturated heterocycles. The zero-order valence-corrected chi connectivity index (χ0v) is 12.4. The summed E-state index contributed by atoms with van der Waals surface area (Å²) in [7, 11) is 1.96. The smallest absolute Gasteiger partial charge is 0.159 e. The van der Waals surface area contributed by atoms with Crippen LogP contribution in [0.5, 0.6) is 5.75 Å². The van der Waals surface area contributed by atoms with E-state index in [9.17, 15) is 0 Å². The minimum Gasteiger partial charge on any atom is -0.493 e. The second kappa shape index (κ2) is 6.31. The predicted octanol–water partition coefficient (Wildman–Crippen LogP) is 2.17. The molecule has 0 spiro atoms. The molecular formula is C15H20ClNO3. The first-order valence-corrected chi connectivity index (χ1v) is 7.48. The van der Waals surface area contributed by atoms with Gasteiger partial charge >= 0.3 is 0 Å². The van der Waals surface area contributed by atoms with E-state index in [2.05, 4.69) is 5.32 Å². The predicted molar refractivity (Wildman–Crippen MR) is 77.5 cm³/mol. The van der Waals surface area contributed by atoms with Crippen molar-refractivity contribution >= 4 is 11.6 Å². The van der Waals surface area contributed by atoms with Gasteiger partial charge in [0.1, 0.15) is 5.75 Å². The summed E-state index contributed by atoms with van der Waals surface area (Å²) in [6, 6.07) is 4.29. The van der Waals surface area contributed by atoms with Gasteiger partial charge in [0.05, 0.1) is 19.8 Å². The second-order valence-corrected chi connectivity index (χ2v) is 5.68. The summed E-state index contributed by atoms with van der Waals surface area (Å²) in [5.41, 5.74) is 2.39. The fourth-order valence-corrected chi connectivity index (χ4v) is 3.11. The summed E-state index contributed by atoms with van der Waals surface area (Å²) < 4.78 is 16.8. The molecule has 2 heterocycles. The van der Waals surface area contributed by atoms with Crippen LogP contribution in [0.25, 0.3) is 0 Å². The third-order valence-electron chi connectivity index (χ3n) is 3.87. The Bertz CT molecular complexity index is 474. The van der Waals surface area contributed by atoms with Gasteiger partial charge in [-0.25, -0.2) is 0 Å². The number of likely N-dealkylation sites (N-methyl/N-ethyl adjacent to an activating group) is 1. The van der Waals surface area contributed by atoms with E-state index in [1.165, 1.54) is 11.1 Å². The molecule has 0 aliphatic carbocycles. The Morgan fingerprint density at radius 2 is 2.10 bits per heavy atom. The summed E-state index contributed by atoms with van der Waals surface area (Å²) in [5.74, 6) is 1.02. The van der Waals surface area contributed by atoms with Gasteiger partial charge in [0.25, 0.3) is 0 Å². The van der Waals surface area contributed by atoms with Crippen molar-refractivity contribution in [2.45, 2.75) is 31.6 Å². The lowest BCUT2D eigenvalue weighted by atomic mass is 9.99. The highest BCUT2D eigenvalue weighted by molar-refractivity contribution is 6.30. The van der Waals surface area contributed by atoms with E-state index in [1.54, 1.807) is 0 Å². The molecule has 2 aliphatic heterocycles. The molecule has 1 unspecified atom stereocenters. The van der Waals surface area contributed by atoms with E-state index >= 15 is 0 Å². The van der Waals surface area contributed by atoms with Crippen molar-refractivity contribution in [2.24, 2.45) is 0 Å². The highest BCUT2D eigenvalue weighted by Gasteiger charge is 2.24. The molecule has 0 bridgehead atoms. The van der Waals surface area contributed by atoms with E-state index in [-0.39, 0.29) is 12.3 Å². The number of fused-ring (bicyclic) bond motifs is 1. The fourth-order valence-electron chi connectivity index (χ4n) is 2.84. The molecule has 1 atom stereocenters. The maximum Gasteiger partial charge on any atom is 0.159 e. The minimum atomic E-state index is -0.0967. The number of nitrogens with one attached hydrogen (secondary N) is 1. The van der Waals surface area contributed by atoms with Gasteiger partial charge in [-0.05, 0) is 36.7 Å². The molecule has 1 aromatic rings. The SMILES string of the molecule is CNC(Cc1cc(Cl)cc2c1OCC2)CC1OCCO1. The van der Waals surface area contributed by atoms with Crippen molar-refractivity contribution < 1.29 is 14.2 Å². The average molecular weight is 298 g/mol. The number of benzene rings is 1. The zero-order chi connectivity index (χ0) is 13.9. The Labute approximate surface area is 124 Å². The Kier molecular flexibility index (Phi) is 4.46. The van der Waals surface area contributed by atoms with E-state index in [1.807, 2.05) is 19.2 Å². The molecule has 1 N–H and O–H groups in total. The summed E-state index contributed by atoms with van der Waals surface area (Å²) >= 11 is 6.20. The van der Waals surface area contributed by atoms with Gasteiger partial charge in [-0.15, -0.1) is 0 Å². The van der Waals surface area contributed by atoms with Gasteiger partial charge < -0.3 is 19.5 Å². The molecular weight excluding hydrogens is 278 g/mol. The van der Waals surface area contributed by atoms with Crippen LogP contribution in [0.4, 0.5) is 0 Å². The highest BCUT2D eigenvalue weighted by Crippen LogP contribution is 2.34. The largest absolute Gasteiger partial charge is 0.493 e. The molecule has 0 aromatic heterocycles. The fraction of sp³-hybridized carbons (Fsp3) is 0.600. The molecule has 4 nitrogen and oxygen atoms in total. The number of hydrogen-bond acceptors (Lipinski definition) is 4. The van der Waals surface area contributed by atoms with Gasteiger partial charge in [0, 0.05) is 23.9 Å². The van der Waals surface area contributed by atoms with Crippen LogP contribution in [0.3, 0.4) is 0 Å². The van der Waals surface area contributed by atoms with E-state index in [0.717, 1.165) is 36.6 Å². The first-order valence-electron chi connectivity index (χ1n) is 7.11. The Hall–Kier alpha value is -0.810. The second-order valence-electron chi connectivity index (χ2n) is 5.25. The third-order valence-corrected chi connectivity index (χ3v) is 4.09. The summed E-state index contributed by atoms with van der Waals surface area (Å²) in [6.45, 7) is 2.13. The molecule has 0 amide bonds. The minimum absolute atomic E-state index is 0.0967. The van der Waals surface area contributed by atoms with Gasteiger partial charge in [-0.1, -0.05) is 11.6 Å². The molecule has 2 aliphatic rings. The first kappa shape index (κ1) is 14.1. The molecule has 5 heteroatoms. The van der Waals surface area contributed by atoms with Gasteiger partial charge in [0.2, 0.25) is 0 Å². The number of halogens is 1. The van der Waals surface area contributed by atoms with Crippen molar-refractivity contribution in [3.63, 3.8) is 0 Å². The van der Waals surface area contributed by atoms with Gasteiger partial charge in [-0.3, -0.25) is 0 Å². The van der Waals surface area contributed by atoms with Crippen LogP contribution in [0.1, 0.15) is 17.5 Å². The number of ether oxygens (including phenoxy) is 3. The maximum atomic E-state index is 6.20. The lowest BCUT2D eigenvalue weighted by molar-refractivity contribution is -0.0522. The van der Waals surface area contributed by atoms with Gasteiger partial charge in [0.15, 0.2) is 6.29 Å². The Morgan fingerprint density at radius 1 is 1.30 bits per heavy atom. The van der Waals surface area contributed by atoms with Crippen LogP contribution in [0, 0.1) is 0 Å². The third kappa shape index (κ3) is 3.09. The maximum absolute atomic E-state index is 6.20. The Balaban J connectivity index is 1.72. The summed E-state index contributed by atoms with van der Waals surface area (Å²) in [6.07, 6.45) is 2.54. The van der Waals surface area contributed by atoms with Crippen molar-refractivity contribution in [3.05, 3.63) is 28.3 Å². The molecule has 3 rings (SSSR count). The zero-order valence-electron chi connectivity index (χ0n) is 11.7.